The Balaban J connectivity index is 1.53. The third-order valence-electron chi connectivity index (χ3n) is 4.14. The van der Waals surface area contributed by atoms with Crippen molar-refractivity contribution in [2.45, 2.75) is 26.7 Å². The summed E-state index contributed by atoms with van der Waals surface area (Å²) in [5, 5.41) is 6.71. The minimum atomic E-state index is -0.0906. The zero-order valence-corrected chi connectivity index (χ0v) is 15.9. The van der Waals surface area contributed by atoms with Crippen LogP contribution in [0.15, 0.2) is 54.7 Å². The number of carbonyl (C=O) groups is 1. The molecule has 0 aliphatic rings. The number of nitrogens with one attached hydrogen (secondary N) is 2. The number of para-hydroxylation sites is 1. The monoisotopic (exact) mass is 365 g/mol. The zero-order chi connectivity index (χ0) is 18.4. The first-order chi connectivity index (χ1) is 12.6. The topological polar surface area (TPSA) is 54.0 Å². The molecule has 0 aliphatic carbocycles. The van der Waals surface area contributed by atoms with Crippen molar-refractivity contribution in [2.75, 3.05) is 17.2 Å². The molecule has 0 radical (unpaired) electrons. The number of thiazole rings is 1. The lowest BCUT2D eigenvalue weighted by molar-refractivity contribution is -0.114. The highest BCUT2D eigenvalue weighted by molar-refractivity contribution is 7.15. The van der Waals surface area contributed by atoms with Crippen molar-refractivity contribution in [3.05, 3.63) is 76.3 Å². The molecule has 4 nitrogen and oxygen atoms in total. The van der Waals surface area contributed by atoms with E-state index in [1.54, 1.807) is 0 Å². The Morgan fingerprint density at radius 2 is 1.88 bits per heavy atom. The normalized spacial score (nSPS) is 10.5. The lowest BCUT2D eigenvalue weighted by Gasteiger charge is -2.10. The van der Waals surface area contributed by atoms with Gasteiger partial charge in [-0.25, -0.2) is 4.98 Å². The molecule has 1 aromatic heterocycles. The first-order valence-corrected chi connectivity index (χ1v) is 9.57. The van der Waals surface area contributed by atoms with E-state index < -0.39 is 0 Å². The summed E-state index contributed by atoms with van der Waals surface area (Å²) in [6, 6.07) is 16.5. The number of nitrogens with zero attached hydrogens (tertiary/aromatic N) is 1. The molecule has 0 saturated heterocycles. The smallest absolute Gasteiger partial charge is 0.245 e. The molecule has 0 aliphatic heterocycles. The van der Waals surface area contributed by atoms with Crippen LogP contribution in [0.4, 0.5) is 10.8 Å². The predicted octanol–water partition coefficient (Wildman–Crippen LogP) is 4.66. The van der Waals surface area contributed by atoms with Gasteiger partial charge < -0.3 is 10.6 Å². The van der Waals surface area contributed by atoms with E-state index >= 15 is 0 Å². The molecule has 26 heavy (non-hydrogen) atoms. The fraction of sp³-hybridized carbons (Fsp3) is 0.238. The van der Waals surface area contributed by atoms with Crippen molar-refractivity contribution < 1.29 is 4.79 Å². The second kappa shape index (κ2) is 8.63. The fourth-order valence-corrected chi connectivity index (χ4v) is 3.56. The number of amides is 1. The van der Waals surface area contributed by atoms with Gasteiger partial charge in [-0.15, -0.1) is 11.3 Å². The van der Waals surface area contributed by atoms with Gasteiger partial charge in [-0.05, 0) is 30.5 Å². The number of aromatic nitrogens is 1. The van der Waals surface area contributed by atoms with Gasteiger partial charge in [0.05, 0.1) is 6.54 Å². The third kappa shape index (κ3) is 4.92. The Morgan fingerprint density at radius 3 is 2.65 bits per heavy atom. The summed E-state index contributed by atoms with van der Waals surface area (Å²) in [6.07, 6.45) is 3.59. The SMILES string of the molecule is CCc1ccccc1NCC(=O)Nc1ncc(Cc2ccc(C)cc2)s1. The quantitative estimate of drug-likeness (QED) is 0.640. The summed E-state index contributed by atoms with van der Waals surface area (Å²) < 4.78 is 0. The van der Waals surface area contributed by atoms with Crippen molar-refractivity contribution in [3.8, 4) is 0 Å². The van der Waals surface area contributed by atoms with E-state index in [1.165, 1.54) is 28.0 Å². The van der Waals surface area contributed by atoms with Gasteiger partial charge in [0.15, 0.2) is 5.13 Å². The highest BCUT2D eigenvalue weighted by Crippen LogP contribution is 2.21. The maximum absolute atomic E-state index is 12.2. The summed E-state index contributed by atoms with van der Waals surface area (Å²) in [5.74, 6) is -0.0906. The van der Waals surface area contributed by atoms with Crippen LogP contribution in [0.1, 0.15) is 28.5 Å². The van der Waals surface area contributed by atoms with Gasteiger partial charge in [0.2, 0.25) is 5.91 Å². The molecule has 1 amide bonds. The van der Waals surface area contributed by atoms with Crippen molar-refractivity contribution >= 4 is 28.1 Å². The van der Waals surface area contributed by atoms with Crippen LogP contribution in [0.3, 0.4) is 0 Å². The number of aryl methyl sites for hydroxylation is 2. The van der Waals surface area contributed by atoms with E-state index in [1.807, 2.05) is 24.4 Å². The summed E-state index contributed by atoms with van der Waals surface area (Å²) in [5.41, 5.74) is 4.71. The molecule has 3 rings (SSSR count). The van der Waals surface area contributed by atoms with Gasteiger partial charge >= 0.3 is 0 Å². The van der Waals surface area contributed by atoms with Crippen LogP contribution in [-0.2, 0) is 17.6 Å². The largest absolute Gasteiger partial charge is 0.376 e. The average Bonchev–Trinajstić information content (AvgIpc) is 3.09. The standard InChI is InChI=1S/C21H23N3OS/c1-3-17-6-4-5-7-19(17)22-14-20(25)24-21-23-13-18(26-21)12-16-10-8-15(2)9-11-16/h4-11,13,22H,3,12,14H2,1-2H3,(H,23,24,25). The van der Waals surface area contributed by atoms with Gasteiger partial charge in [0, 0.05) is 23.2 Å². The van der Waals surface area contributed by atoms with E-state index in [0.717, 1.165) is 23.4 Å². The van der Waals surface area contributed by atoms with Gasteiger partial charge in [-0.3, -0.25) is 4.79 Å². The van der Waals surface area contributed by atoms with Crippen LogP contribution in [0.25, 0.3) is 0 Å². The summed E-state index contributed by atoms with van der Waals surface area (Å²) in [6.45, 7) is 4.41. The zero-order valence-electron chi connectivity index (χ0n) is 15.1. The Morgan fingerprint density at radius 1 is 1.12 bits per heavy atom. The predicted molar refractivity (Wildman–Crippen MR) is 109 cm³/mol. The highest BCUT2D eigenvalue weighted by atomic mass is 32.1. The van der Waals surface area contributed by atoms with Gasteiger partial charge in [0.1, 0.15) is 0 Å². The maximum atomic E-state index is 12.2. The van der Waals surface area contributed by atoms with E-state index in [2.05, 4.69) is 59.8 Å². The lowest BCUT2D eigenvalue weighted by atomic mass is 10.1. The number of anilines is 2. The highest BCUT2D eigenvalue weighted by Gasteiger charge is 2.08. The van der Waals surface area contributed by atoms with E-state index in [0.29, 0.717) is 5.13 Å². The van der Waals surface area contributed by atoms with E-state index in [9.17, 15) is 4.79 Å². The van der Waals surface area contributed by atoms with Crippen molar-refractivity contribution in [1.29, 1.82) is 0 Å². The summed E-state index contributed by atoms with van der Waals surface area (Å²) in [7, 11) is 0. The lowest BCUT2D eigenvalue weighted by Crippen LogP contribution is -2.22. The van der Waals surface area contributed by atoms with E-state index in [4.69, 9.17) is 0 Å². The van der Waals surface area contributed by atoms with Crippen LogP contribution < -0.4 is 10.6 Å². The first-order valence-electron chi connectivity index (χ1n) is 8.76. The molecule has 3 aromatic rings. The average molecular weight is 366 g/mol. The molecular formula is C21H23N3OS. The van der Waals surface area contributed by atoms with Gasteiger partial charge in [-0.1, -0.05) is 55.0 Å². The first kappa shape index (κ1) is 18.1. The van der Waals surface area contributed by atoms with Gasteiger partial charge in [-0.2, -0.15) is 0 Å². The molecule has 0 unspecified atom stereocenters. The van der Waals surface area contributed by atoms with Crippen LogP contribution in [-0.4, -0.2) is 17.4 Å². The minimum Gasteiger partial charge on any atom is -0.376 e. The van der Waals surface area contributed by atoms with Crippen LogP contribution in [0.2, 0.25) is 0 Å². The molecule has 0 bridgehead atoms. The summed E-state index contributed by atoms with van der Waals surface area (Å²) >= 11 is 1.52. The van der Waals surface area contributed by atoms with Crippen LogP contribution in [0.5, 0.6) is 0 Å². The summed E-state index contributed by atoms with van der Waals surface area (Å²) in [4.78, 5) is 17.6. The molecule has 2 N–H and O–H groups in total. The third-order valence-corrected chi connectivity index (χ3v) is 5.05. The number of hydrogen-bond donors (Lipinski definition) is 2. The number of rotatable bonds is 7. The number of benzene rings is 2. The Kier molecular flexibility index (Phi) is 6.02. The van der Waals surface area contributed by atoms with Crippen molar-refractivity contribution in [1.82, 2.24) is 4.98 Å². The molecule has 1 heterocycles. The molecule has 0 atom stereocenters. The van der Waals surface area contributed by atoms with Crippen LogP contribution in [0, 0.1) is 6.92 Å². The van der Waals surface area contributed by atoms with Gasteiger partial charge in [0.25, 0.3) is 0 Å². The molecule has 0 fully saturated rings. The maximum Gasteiger partial charge on any atom is 0.245 e. The minimum absolute atomic E-state index is 0.0906. The van der Waals surface area contributed by atoms with Crippen molar-refractivity contribution in [3.63, 3.8) is 0 Å². The molecule has 0 saturated carbocycles. The molecule has 2 aromatic carbocycles. The second-order valence-corrected chi connectivity index (χ2v) is 7.32. The molecule has 0 spiro atoms. The molecular weight excluding hydrogens is 342 g/mol. The Bertz CT molecular complexity index is 871. The van der Waals surface area contributed by atoms with Crippen LogP contribution >= 0.6 is 11.3 Å². The molecule has 5 heteroatoms. The second-order valence-electron chi connectivity index (χ2n) is 6.21. The Hall–Kier alpha value is -2.66. The number of hydrogen-bond acceptors (Lipinski definition) is 4. The fourth-order valence-electron chi connectivity index (χ4n) is 2.69. The van der Waals surface area contributed by atoms with E-state index in [-0.39, 0.29) is 12.5 Å². The Labute approximate surface area is 158 Å². The molecule has 134 valence electrons. The van der Waals surface area contributed by atoms with Crippen molar-refractivity contribution in [2.24, 2.45) is 0 Å². The number of carbonyl (C=O) groups excluding carboxylic acids is 1.